The summed E-state index contributed by atoms with van der Waals surface area (Å²) >= 11 is 0. The predicted molar refractivity (Wildman–Crippen MR) is 151 cm³/mol. The average molecular weight is 591 g/mol. The van der Waals surface area contributed by atoms with E-state index in [1.807, 2.05) is 0 Å². The Morgan fingerprint density at radius 1 is 0.619 bits per heavy atom. The lowest BCUT2D eigenvalue weighted by molar-refractivity contribution is -0.395. The number of benzene rings is 2. The summed E-state index contributed by atoms with van der Waals surface area (Å²) < 4.78 is 11.1. The van der Waals surface area contributed by atoms with Crippen molar-refractivity contribution in [2.75, 3.05) is 0 Å². The van der Waals surface area contributed by atoms with Gasteiger partial charge in [0.05, 0.1) is 43.0 Å². The predicted octanol–water partition coefficient (Wildman–Crippen LogP) is 8.10. The molecule has 0 heterocycles. The second-order valence-corrected chi connectivity index (χ2v) is 9.86. The Morgan fingerprint density at radius 3 is 1.19 bits per heavy atom. The number of carbonyl (C=O) groups is 1. The van der Waals surface area contributed by atoms with E-state index in [1.54, 1.807) is 41.5 Å². The highest BCUT2D eigenvalue weighted by molar-refractivity contribution is 5.64. The van der Waals surface area contributed by atoms with E-state index in [-0.39, 0.29) is 46.9 Å². The Balaban J connectivity index is 2.62. The molecule has 0 bridgehead atoms. The van der Waals surface area contributed by atoms with Crippen molar-refractivity contribution in [2.24, 2.45) is 0 Å². The van der Waals surface area contributed by atoms with Gasteiger partial charge in [0, 0.05) is 12.1 Å². The maximum absolute atomic E-state index is 13.1. The van der Waals surface area contributed by atoms with Crippen molar-refractivity contribution in [2.45, 2.75) is 91.3 Å². The molecule has 0 N–H and O–H groups in total. The molecule has 2 rings (SSSR count). The minimum Gasteiger partial charge on any atom is -0.426 e. The van der Waals surface area contributed by atoms with Crippen molar-refractivity contribution in [1.29, 1.82) is 0 Å². The number of carbonyl (C=O) groups excluding carboxylic acids is 1. The van der Waals surface area contributed by atoms with Crippen molar-refractivity contribution in [3.05, 3.63) is 87.0 Å². The van der Waals surface area contributed by atoms with Crippen LogP contribution in [0.2, 0.25) is 0 Å². The summed E-state index contributed by atoms with van der Waals surface area (Å²) in [5.41, 5.74) is -1.60. The Hall–Kier alpha value is -4.69. The van der Waals surface area contributed by atoms with E-state index in [0.29, 0.717) is 12.8 Å². The Bertz CT molecular complexity index is 1280. The van der Waals surface area contributed by atoms with Gasteiger partial charge in [-0.05, 0) is 48.6 Å². The number of hydrogen-bond acceptors (Lipinski definition) is 11. The molecule has 0 aliphatic rings. The van der Waals surface area contributed by atoms with Gasteiger partial charge in [-0.15, -0.1) is 0 Å². The van der Waals surface area contributed by atoms with Gasteiger partial charge in [0.15, 0.2) is 0 Å². The molecule has 228 valence electrons. The van der Waals surface area contributed by atoms with Crippen molar-refractivity contribution < 1.29 is 34.0 Å². The first-order valence-electron chi connectivity index (χ1n) is 13.5. The normalized spacial score (nSPS) is 13.9. The SMILES string of the molecule is CCC(C)c1cc([N+](=O)[O-])cc([N+](=O)[O-])c1C(CC)OC(=O)OC(CC)c1c(C(C)CC)cc([N+](=O)[O-])cc1[N+](=O)[O-]. The quantitative estimate of drug-likeness (QED) is 0.116. The number of hydrogen-bond donors (Lipinski definition) is 0. The van der Waals surface area contributed by atoms with Gasteiger partial charge < -0.3 is 9.47 Å². The molecule has 0 spiro atoms. The highest BCUT2D eigenvalue weighted by Crippen LogP contribution is 2.43. The van der Waals surface area contributed by atoms with Crippen LogP contribution in [0, 0.1) is 40.5 Å². The molecule has 0 fully saturated rings. The van der Waals surface area contributed by atoms with Crippen LogP contribution < -0.4 is 0 Å². The van der Waals surface area contributed by atoms with Crippen LogP contribution in [-0.4, -0.2) is 25.8 Å². The van der Waals surface area contributed by atoms with Gasteiger partial charge in [-0.25, -0.2) is 4.79 Å². The Kier molecular flexibility index (Phi) is 11.4. The molecule has 0 saturated heterocycles. The number of nitro benzene ring substituents is 4. The van der Waals surface area contributed by atoms with Crippen LogP contribution in [0.1, 0.15) is 114 Å². The Morgan fingerprint density at radius 2 is 0.952 bits per heavy atom. The number of ether oxygens (including phenoxy) is 2. The van der Waals surface area contributed by atoms with Crippen LogP contribution in [0.15, 0.2) is 24.3 Å². The monoisotopic (exact) mass is 590 g/mol. The van der Waals surface area contributed by atoms with E-state index in [9.17, 15) is 45.3 Å². The Labute approximate surface area is 241 Å². The third-order valence-corrected chi connectivity index (χ3v) is 7.31. The zero-order chi connectivity index (χ0) is 31.9. The molecule has 0 aliphatic carbocycles. The summed E-state index contributed by atoms with van der Waals surface area (Å²) in [7, 11) is 0. The zero-order valence-electron chi connectivity index (χ0n) is 24.2. The average Bonchev–Trinajstić information content (AvgIpc) is 2.96. The van der Waals surface area contributed by atoms with E-state index in [0.717, 1.165) is 12.1 Å². The summed E-state index contributed by atoms with van der Waals surface area (Å²) in [4.78, 5) is 57.0. The van der Waals surface area contributed by atoms with E-state index in [1.165, 1.54) is 12.1 Å². The molecule has 0 aliphatic heterocycles. The summed E-state index contributed by atoms with van der Waals surface area (Å²) in [5, 5.41) is 46.9. The van der Waals surface area contributed by atoms with Gasteiger partial charge in [0.1, 0.15) is 12.2 Å². The van der Waals surface area contributed by atoms with E-state index in [2.05, 4.69) is 0 Å². The molecular weight excluding hydrogens is 556 g/mol. The summed E-state index contributed by atoms with van der Waals surface area (Å²) in [6, 6.07) is 4.07. The van der Waals surface area contributed by atoms with Crippen LogP contribution in [0.4, 0.5) is 27.5 Å². The van der Waals surface area contributed by atoms with Crippen LogP contribution in [-0.2, 0) is 9.47 Å². The molecule has 0 aromatic heterocycles. The summed E-state index contributed by atoms with van der Waals surface area (Å²) in [6.07, 6.45) is -2.70. The highest BCUT2D eigenvalue weighted by Gasteiger charge is 2.36. The smallest absolute Gasteiger partial charge is 0.426 e. The van der Waals surface area contributed by atoms with Crippen molar-refractivity contribution >= 4 is 28.9 Å². The first-order valence-corrected chi connectivity index (χ1v) is 13.5. The number of nitrogens with zero attached hydrogens (tertiary/aromatic N) is 4. The van der Waals surface area contributed by atoms with Gasteiger partial charge >= 0.3 is 6.16 Å². The largest absolute Gasteiger partial charge is 0.509 e. The highest BCUT2D eigenvalue weighted by atomic mass is 16.7. The molecule has 0 amide bonds. The molecule has 2 aromatic rings. The number of nitro groups is 4. The lowest BCUT2D eigenvalue weighted by atomic mass is 9.88. The second-order valence-electron chi connectivity index (χ2n) is 9.86. The molecule has 0 radical (unpaired) electrons. The third-order valence-electron chi connectivity index (χ3n) is 7.31. The standard InChI is InChI=1S/C27H34N4O11/c1-7-15(5)19-11-17(28(33)34)13-21(30(37)38)25(19)23(9-3)41-27(32)42-24(10-4)26-20(16(6)8-2)12-18(29(35)36)14-22(26)31(39)40/h11-16,23-24H,7-10H2,1-6H3. The van der Waals surface area contributed by atoms with Crippen LogP contribution in [0.5, 0.6) is 0 Å². The lowest BCUT2D eigenvalue weighted by Gasteiger charge is -2.25. The van der Waals surface area contributed by atoms with E-state index >= 15 is 0 Å². The first-order chi connectivity index (χ1) is 19.7. The fourth-order valence-corrected chi connectivity index (χ4v) is 4.71. The topological polar surface area (TPSA) is 208 Å². The van der Waals surface area contributed by atoms with Crippen molar-refractivity contribution in [3.8, 4) is 0 Å². The fourth-order valence-electron chi connectivity index (χ4n) is 4.71. The van der Waals surface area contributed by atoms with E-state index in [4.69, 9.17) is 9.47 Å². The molecule has 4 atom stereocenters. The molecule has 0 saturated carbocycles. The molecular formula is C27H34N4O11. The minimum absolute atomic E-state index is 0.00550. The molecule has 4 unspecified atom stereocenters. The van der Waals surface area contributed by atoms with Gasteiger partial charge in [0.25, 0.3) is 22.7 Å². The molecule has 42 heavy (non-hydrogen) atoms. The number of rotatable bonds is 14. The van der Waals surface area contributed by atoms with Crippen molar-refractivity contribution in [1.82, 2.24) is 0 Å². The zero-order valence-corrected chi connectivity index (χ0v) is 24.2. The van der Waals surface area contributed by atoms with Gasteiger partial charge in [-0.1, -0.05) is 41.5 Å². The molecule has 15 heteroatoms. The van der Waals surface area contributed by atoms with Crippen molar-refractivity contribution in [3.63, 3.8) is 0 Å². The van der Waals surface area contributed by atoms with Crippen LogP contribution in [0.3, 0.4) is 0 Å². The van der Waals surface area contributed by atoms with E-state index < -0.39 is 60.8 Å². The minimum atomic E-state index is -1.28. The maximum Gasteiger partial charge on any atom is 0.509 e. The fraction of sp³-hybridized carbons (Fsp3) is 0.519. The second kappa shape index (κ2) is 14.3. The summed E-state index contributed by atoms with van der Waals surface area (Å²) in [5.74, 6) is -0.729. The van der Waals surface area contributed by atoms with Crippen LogP contribution in [0.25, 0.3) is 0 Å². The third kappa shape index (κ3) is 7.33. The van der Waals surface area contributed by atoms with Crippen LogP contribution >= 0.6 is 0 Å². The lowest BCUT2D eigenvalue weighted by Crippen LogP contribution is -2.20. The van der Waals surface area contributed by atoms with Gasteiger partial charge in [-0.3, -0.25) is 40.5 Å². The summed E-state index contributed by atoms with van der Waals surface area (Å²) in [6.45, 7) is 10.3. The molecule has 15 nitrogen and oxygen atoms in total. The first kappa shape index (κ1) is 33.5. The maximum atomic E-state index is 13.1. The molecule has 2 aromatic carbocycles. The number of non-ortho nitro benzene ring substituents is 2. The van der Waals surface area contributed by atoms with Gasteiger partial charge in [0.2, 0.25) is 0 Å². The van der Waals surface area contributed by atoms with Gasteiger partial charge in [-0.2, -0.15) is 0 Å².